The molecule has 0 saturated carbocycles. The SMILES string of the molecule is CN=C(NCCc1ccc(F)cc1)NCc1cc(Br)c(OC)c(OC)c1.I. The third kappa shape index (κ3) is 7.17. The lowest BCUT2D eigenvalue weighted by molar-refractivity contribution is 0.352. The summed E-state index contributed by atoms with van der Waals surface area (Å²) in [6.07, 6.45) is 0.781. The molecule has 0 saturated heterocycles. The zero-order chi connectivity index (χ0) is 18.9. The summed E-state index contributed by atoms with van der Waals surface area (Å²) in [5, 5.41) is 6.50. The van der Waals surface area contributed by atoms with Crippen LogP contribution in [0.15, 0.2) is 45.9 Å². The van der Waals surface area contributed by atoms with Crippen LogP contribution in [0.3, 0.4) is 0 Å². The van der Waals surface area contributed by atoms with Gasteiger partial charge in [0, 0.05) is 20.1 Å². The van der Waals surface area contributed by atoms with Crippen molar-refractivity contribution in [3.63, 3.8) is 0 Å². The van der Waals surface area contributed by atoms with Gasteiger partial charge in [-0.25, -0.2) is 4.39 Å². The van der Waals surface area contributed by atoms with E-state index in [1.54, 1.807) is 33.4 Å². The van der Waals surface area contributed by atoms with E-state index in [1.807, 2.05) is 12.1 Å². The number of hydrogen-bond donors (Lipinski definition) is 2. The van der Waals surface area contributed by atoms with Crippen LogP contribution in [0.25, 0.3) is 0 Å². The van der Waals surface area contributed by atoms with Crippen LogP contribution in [0.1, 0.15) is 11.1 Å². The molecule has 0 aliphatic carbocycles. The Kier molecular flexibility index (Phi) is 10.5. The fourth-order valence-electron chi connectivity index (χ4n) is 2.46. The molecule has 0 fully saturated rings. The lowest BCUT2D eigenvalue weighted by atomic mass is 10.1. The minimum absolute atomic E-state index is 0. The third-order valence-corrected chi connectivity index (χ3v) is 4.39. The van der Waals surface area contributed by atoms with E-state index in [0.717, 1.165) is 22.0 Å². The molecular weight excluding hydrogens is 528 g/mol. The number of halogens is 3. The Bertz CT molecular complexity index is 757. The summed E-state index contributed by atoms with van der Waals surface area (Å²) in [5.41, 5.74) is 2.09. The Morgan fingerprint density at radius 2 is 1.78 bits per heavy atom. The first-order valence-electron chi connectivity index (χ1n) is 8.16. The van der Waals surface area contributed by atoms with E-state index in [9.17, 15) is 4.39 Å². The molecule has 0 radical (unpaired) electrons. The molecule has 0 spiro atoms. The molecule has 0 aliphatic heterocycles. The van der Waals surface area contributed by atoms with Gasteiger partial charge in [0.05, 0.1) is 18.7 Å². The molecule has 0 aromatic heterocycles. The van der Waals surface area contributed by atoms with Gasteiger partial charge in [-0.05, 0) is 57.7 Å². The average molecular weight is 552 g/mol. The lowest BCUT2D eigenvalue weighted by Crippen LogP contribution is -2.37. The minimum Gasteiger partial charge on any atom is -0.493 e. The summed E-state index contributed by atoms with van der Waals surface area (Å²) in [4.78, 5) is 4.21. The second kappa shape index (κ2) is 12.0. The van der Waals surface area contributed by atoms with Crippen LogP contribution in [-0.4, -0.2) is 33.8 Å². The molecule has 0 amide bonds. The van der Waals surface area contributed by atoms with Gasteiger partial charge in [-0.2, -0.15) is 0 Å². The first-order valence-corrected chi connectivity index (χ1v) is 8.96. The highest BCUT2D eigenvalue weighted by Crippen LogP contribution is 2.36. The van der Waals surface area contributed by atoms with Crippen LogP contribution >= 0.6 is 39.9 Å². The normalized spacial score (nSPS) is 10.8. The quantitative estimate of drug-likeness (QED) is 0.309. The van der Waals surface area contributed by atoms with Crippen LogP contribution in [0.5, 0.6) is 11.5 Å². The maximum Gasteiger partial charge on any atom is 0.191 e. The fourth-order valence-corrected chi connectivity index (χ4v) is 3.11. The topological polar surface area (TPSA) is 54.9 Å². The third-order valence-electron chi connectivity index (χ3n) is 3.80. The van der Waals surface area contributed by atoms with Crippen LogP contribution < -0.4 is 20.1 Å². The van der Waals surface area contributed by atoms with Crippen molar-refractivity contribution in [1.29, 1.82) is 0 Å². The van der Waals surface area contributed by atoms with E-state index < -0.39 is 0 Å². The molecule has 0 unspecified atom stereocenters. The largest absolute Gasteiger partial charge is 0.493 e. The molecule has 5 nitrogen and oxygen atoms in total. The standard InChI is InChI=1S/C19H23BrFN3O2.HI/c1-22-19(23-9-8-13-4-6-15(21)7-5-13)24-12-14-10-16(20)18(26-3)17(11-14)25-2;/h4-7,10-11H,8-9,12H2,1-3H3,(H2,22,23,24);1H. The van der Waals surface area contributed by atoms with Crippen molar-refractivity contribution < 1.29 is 13.9 Å². The van der Waals surface area contributed by atoms with Gasteiger partial charge in [0.1, 0.15) is 5.82 Å². The fraction of sp³-hybridized carbons (Fsp3) is 0.316. The first-order chi connectivity index (χ1) is 12.6. The molecule has 0 aliphatic rings. The number of ether oxygens (including phenoxy) is 2. The van der Waals surface area contributed by atoms with Crippen molar-refractivity contribution in [2.24, 2.45) is 4.99 Å². The molecule has 2 aromatic rings. The maximum absolute atomic E-state index is 12.9. The molecule has 0 atom stereocenters. The first kappa shape index (κ1) is 23.5. The van der Waals surface area contributed by atoms with Gasteiger partial charge >= 0.3 is 0 Å². The van der Waals surface area contributed by atoms with Gasteiger partial charge in [0.2, 0.25) is 0 Å². The van der Waals surface area contributed by atoms with Crippen molar-refractivity contribution >= 4 is 45.9 Å². The number of nitrogens with zero attached hydrogens (tertiary/aromatic N) is 1. The highest BCUT2D eigenvalue weighted by molar-refractivity contribution is 14.0. The molecule has 0 bridgehead atoms. The highest BCUT2D eigenvalue weighted by Gasteiger charge is 2.10. The van der Waals surface area contributed by atoms with E-state index in [0.29, 0.717) is 30.5 Å². The number of hydrogen-bond acceptors (Lipinski definition) is 3. The van der Waals surface area contributed by atoms with Gasteiger partial charge in [-0.3, -0.25) is 4.99 Å². The van der Waals surface area contributed by atoms with Crippen LogP contribution in [0, 0.1) is 5.82 Å². The van der Waals surface area contributed by atoms with Gasteiger partial charge in [0.15, 0.2) is 17.5 Å². The number of nitrogens with one attached hydrogen (secondary N) is 2. The van der Waals surface area contributed by atoms with E-state index >= 15 is 0 Å². The minimum atomic E-state index is -0.222. The Labute approximate surface area is 184 Å². The zero-order valence-corrected chi connectivity index (χ0v) is 19.4. The van der Waals surface area contributed by atoms with Gasteiger partial charge < -0.3 is 20.1 Å². The Morgan fingerprint density at radius 3 is 2.37 bits per heavy atom. The summed E-state index contributed by atoms with van der Waals surface area (Å²) in [6.45, 7) is 1.27. The lowest BCUT2D eigenvalue weighted by Gasteiger charge is -2.14. The number of guanidine groups is 1. The Morgan fingerprint density at radius 1 is 1.07 bits per heavy atom. The number of rotatable bonds is 7. The molecule has 0 heterocycles. The molecule has 2 N–H and O–H groups in total. The Hall–Kier alpha value is -1.55. The van der Waals surface area contributed by atoms with Crippen molar-refractivity contribution in [2.75, 3.05) is 27.8 Å². The summed E-state index contributed by atoms with van der Waals surface area (Å²) in [5.74, 6) is 1.80. The van der Waals surface area contributed by atoms with Gasteiger partial charge in [-0.1, -0.05) is 12.1 Å². The van der Waals surface area contributed by atoms with Crippen LogP contribution in [0.4, 0.5) is 4.39 Å². The average Bonchev–Trinajstić information content (AvgIpc) is 2.65. The van der Waals surface area contributed by atoms with Crippen molar-refractivity contribution in [1.82, 2.24) is 10.6 Å². The second-order valence-corrected chi connectivity index (χ2v) is 6.40. The van der Waals surface area contributed by atoms with Crippen LogP contribution in [0.2, 0.25) is 0 Å². The summed E-state index contributed by atoms with van der Waals surface area (Å²) in [7, 11) is 4.93. The molecule has 2 aromatic carbocycles. The highest BCUT2D eigenvalue weighted by atomic mass is 127. The second-order valence-electron chi connectivity index (χ2n) is 5.54. The monoisotopic (exact) mass is 551 g/mol. The van der Waals surface area contributed by atoms with Crippen molar-refractivity contribution in [3.05, 3.63) is 57.8 Å². The smallest absolute Gasteiger partial charge is 0.191 e. The molecular formula is C19H24BrFIN3O2. The number of benzene rings is 2. The van der Waals surface area contributed by atoms with Gasteiger partial charge in [0.25, 0.3) is 0 Å². The van der Waals surface area contributed by atoms with Crippen molar-refractivity contribution in [3.8, 4) is 11.5 Å². The molecule has 8 heteroatoms. The predicted octanol–water partition coefficient (Wildman–Crippen LogP) is 4.13. The molecule has 148 valence electrons. The van der Waals surface area contributed by atoms with E-state index in [2.05, 4.69) is 31.6 Å². The Balaban J connectivity index is 0.00000364. The van der Waals surface area contributed by atoms with Gasteiger partial charge in [-0.15, -0.1) is 24.0 Å². The van der Waals surface area contributed by atoms with E-state index in [-0.39, 0.29) is 29.8 Å². The van der Waals surface area contributed by atoms with E-state index in [1.165, 1.54) is 12.1 Å². The zero-order valence-electron chi connectivity index (χ0n) is 15.5. The molecule has 2 rings (SSSR count). The maximum atomic E-state index is 12.9. The van der Waals surface area contributed by atoms with Crippen molar-refractivity contribution in [2.45, 2.75) is 13.0 Å². The number of methoxy groups -OCH3 is 2. The summed E-state index contributed by atoms with van der Waals surface area (Å²) in [6, 6.07) is 10.4. The predicted molar refractivity (Wildman–Crippen MR) is 121 cm³/mol. The van der Waals surface area contributed by atoms with E-state index in [4.69, 9.17) is 9.47 Å². The van der Waals surface area contributed by atoms with Crippen LogP contribution in [-0.2, 0) is 13.0 Å². The summed E-state index contributed by atoms with van der Waals surface area (Å²) >= 11 is 3.49. The number of aliphatic imine (C=N–C) groups is 1. The summed E-state index contributed by atoms with van der Waals surface area (Å²) < 4.78 is 24.4. The molecule has 27 heavy (non-hydrogen) atoms.